The molecule has 2 aromatic rings. The number of benzene rings is 1. The summed E-state index contributed by atoms with van der Waals surface area (Å²) in [6.07, 6.45) is 6.26. The first-order valence-electron chi connectivity index (χ1n) is 11.2. The molecule has 2 aliphatic heterocycles. The van der Waals surface area contributed by atoms with E-state index in [2.05, 4.69) is 9.82 Å². The molecule has 9 nitrogen and oxygen atoms in total. The Morgan fingerprint density at radius 2 is 1.97 bits per heavy atom. The summed E-state index contributed by atoms with van der Waals surface area (Å²) in [4.78, 5) is 29.6. The first-order valence-corrected chi connectivity index (χ1v) is 13.6. The average Bonchev–Trinajstić information content (AvgIpc) is 3.16. The fraction of sp³-hybridized carbons (Fsp3) is 0.435. The minimum Gasteiger partial charge on any atom is -0.306 e. The molecule has 12 heteroatoms. The summed E-state index contributed by atoms with van der Waals surface area (Å²) in [7, 11) is -2.09. The maximum absolute atomic E-state index is 13.8. The van der Waals surface area contributed by atoms with Crippen LogP contribution in [0.1, 0.15) is 36.5 Å². The molecule has 186 valence electrons. The van der Waals surface area contributed by atoms with Crippen molar-refractivity contribution in [3.8, 4) is 0 Å². The van der Waals surface area contributed by atoms with Gasteiger partial charge < -0.3 is 4.90 Å². The first kappa shape index (κ1) is 24.0. The highest BCUT2D eigenvalue weighted by atomic mass is 32.3. The Morgan fingerprint density at radius 1 is 1.23 bits per heavy atom. The summed E-state index contributed by atoms with van der Waals surface area (Å²) in [6, 6.07) is 4.06. The van der Waals surface area contributed by atoms with Crippen molar-refractivity contribution >= 4 is 33.7 Å². The highest BCUT2D eigenvalue weighted by molar-refractivity contribution is 8.18. The summed E-state index contributed by atoms with van der Waals surface area (Å²) in [6.45, 7) is 3.60. The van der Waals surface area contributed by atoms with E-state index in [9.17, 15) is 22.4 Å². The molecule has 5 rings (SSSR count). The Morgan fingerprint density at radius 3 is 2.60 bits per heavy atom. The highest BCUT2D eigenvalue weighted by Gasteiger charge is 2.52. The molecule has 1 aromatic heterocycles. The van der Waals surface area contributed by atoms with Crippen LogP contribution in [0, 0.1) is 18.7 Å². The molecule has 3 aliphatic rings. The van der Waals surface area contributed by atoms with E-state index < -0.39 is 38.8 Å². The molecule has 1 N–H and O–H groups in total. The van der Waals surface area contributed by atoms with Gasteiger partial charge in [-0.05, 0) is 50.0 Å². The Kier molecular flexibility index (Phi) is 5.80. The topological polar surface area (TPSA) is 105 Å². The number of hydrogen-bond acceptors (Lipinski definition) is 6. The second kappa shape index (κ2) is 8.45. The number of amides is 3. The number of aryl methyl sites for hydroxylation is 2. The molecule has 35 heavy (non-hydrogen) atoms. The van der Waals surface area contributed by atoms with E-state index in [1.807, 2.05) is 6.92 Å². The standard InChI is InChI=1S/C23H26FN5O4S2/c1-14-8-15(4-5-18(14)24)12-29-21-17(9-19(34-21)35(32,33)26-23(2)6-7-23)20(30)28(22(29)31)13-16-10-25-27(3)11-16/h4-5,8-11,17,21,26H,6-7,12-13H2,1-3H3. The molecule has 0 bridgehead atoms. The van der Waals surface area contributed by atoms with Crippen molar-refractivity contribution in [2.24, 2.45) is 13.0 Å². The summed E-state index contributed by atoms with van der Waals surface area (Å²) >= 11 is 1.00. The lowest BCUT2D eigenvalue weighted by atomic mass is 10.0. The van der Waals surface area contributed by atoms with Crippen LogP contribution in [-0.4, -0.2) is 50.8 Å². The van der Waals surface area contributed by atoms with Crippen molar-refractivity contribution < 1.29 is 22.4 Å². The van der Waals surface area contributed by atoms with E-state index in [1.54, 1.807) is 43.2 Å². The molecule has 2 atom stereocenters. The Bertz CT molecular complexity index is 1350. The maximum Gasteiger partial charge on any atom is 0.328 e. The lowest BCUT2D eigenvalue weighted by Crippen LogP contribution is -2.58. The minimum atomic E-state index is -3.83. The number of carbonyl (C=O) groups is 2. The van der Waals surface area contributed by atoms with E-state index in [-0.39, 0.29) is 23.1 Å². The summed E-state index contributed by atoms with van der Waals surface area (Å²) in [5.41, 5.74) is 1.34. The number of rotatable bonds is 7. The second-order valence-corrected chi connectivity index (χ2v) is 12.7. The third-order valence-corrected chi connectivity index (χ3v) is 10.0. The molecule has 3 heterocycles. The number of hydrogen-bond donors (Lipinski definition) is 1. The van der Waals surface area contributed by atoms with Crippen LogP contribution in [0.3, 0.4) is 0 Å². The molecule has 0 radical (unpaired) electrons. The number of imide groups is 1. The van der Waals surface area contributed by atoms with Gasteiger partial charge in [0.1, 0.15) is 15.4 Å². The van der Waals surface area contributed by atoms with Crippen molar-refractivity contribution in [3.63, 3.8) is 0 Å². The van der Waals surface area contributed by atoms with Crippen LogP contribution in [0.4, 0.5) is 9.18 Å². The number of nitrogens with one attached hydrogen (secondary N) is 1. The lowest BCUT2D eigenvalue weighted by Gasteiger charge is -2.41. The van der Waals surface area contributed by atoms with E-state index in [0.717, 1.165) is 29.5 Å². The molecule has 3 amide bonds. The molecular formula is C23H26FN5O4S2. The Balaban J connectivity index is 1.48. The van der Waals surface area contributed by atoms with Gasteiger partial charge in [-0.2, -0.15) is 5.10 Å². The number of sulfonamides is 1. The largest absolute Gasteiger partial charge is 0.328 e. The van der Waals surface area contributed by atoms with Gasteiger partial charge in [0.05, 0.1) is 18.7 Å². The van der Waals surface area contributed by atoms with E-state index >= 15 is 0 Å². The smallest absolute Gasteiger partial charge is 0.306 e. The van der Waals surface area contributed by atoms with Crippen molar-refractivity contribution in [1.82, 2.24) is 24.3 Å². The minimum absolute atomic E-state index is 0.0184. The van der Waals surface area contributed by atoms with Crippen LogP contribution in [-0.2, 0) is 35.0 Å². The van der Waals surface area contributed by atoms with Crippen LogP contribution >= 0.6 is 11.8 Å². The van der Waals surface area contributed by atoms with Gasteiger partial charge >= 0.3 is 6.03 Å². The van der Waals surface area contributed by atoms with E-state index in [4.69, 9.17) is 0 Å². The number of fused-ring (bicyclic) bond motifs is 1. The predicted molar refractivity (Wildman–Crippen MR) is 128 cm³/mol. The molecular weight excluding hydrogens is 493 g/mol. The number of aromatic nitrogens is 2. The zero-order valence-corrected chi connectivity index (χ0v) is 21.2. The third-order valence-electron chi connectivity index (χ3n) is 6.51. The maximum atomic E-state index is 13.8. The zero-order chi connectivity index (χ0) is 25.1. The van der Waals surface area contributed by atoms with Gasteiger partial charge in [-0.25, -0.2) is 22.3 Å². The first-order chi connectivity index (χ1) is 16.5. The molecule has 1 saturated carbocycles. The SMILES string of the molecule is Cc1cc(CN2C(=O)N(Cc3cnn(C)c3)C(=O)C3C=C(S(=O)(=O)NC4(C)CC4)SC32)ccc1F. The monoisotopic (exact) mass is 519 g/mol. The van der Waals surface area contributed by atoms with Gasteiger partial charge in [0.15, 0.2) is 0 Å². The lowest BCUT2D eigenvalue weighted by molar-refractivity contribution is -0.135. The van der Waals surface area contributed by atoms with Crippen molar-refractivity contribution in [2.75, 3.05) is 0 Å². The fourth-order valence-electron chi connectivity index (χ4n) is 4.31. The Hall–Kier alpha value is -2.70. The summed E-state index contributed by atoms with van der Waals surface area (Å²) in [5, 5.41) is 3.38. The van der Waals surface area contributed by atoms with Gasteiger partial charge in [0.25, 0.3) is 0 Å². The molecule has 1 aromatic carbocycles. The molecule has 0 spiro atoms. The molecule has 1 saturated heterocycles. The zero-order valence-electron chi connectivity index (χ0n) is 19.6. The highest BCUT2D eigenvalue weighted by Crippen LogP contribution is 2.46. The van der Waals surface area contributed by atoms with Gasteiger partial charge in [-0.3, -0.25) is 14.4 Å². The molecule has 1 aliphatic carbocycles. The van der Waals surface area contributed by atoms with Crippen LogP contribution in [0.25, 0.3) is 0 Å². The fourth-order valence-corrected chi connectivity index (χ4v) is 7.61. The Labute approximate surface area is 207 Å². The van der Waals surface area contributed by atoms with Gasteiger partial charge in [-0.1, -0.05) is 23.9 Å². The van der Waals surface area contributed by atoms with E-state index in [1.165, 1.54) is 17.0 Å². The third kappa shape index (κ3) is 4.62. The van der Waals surface area contributed by atoms with E-state index in [0.29, 0.717) is 16.7 Å². The second-order valence-electron chi connectivity index (χ2n) is 9.63. The van der Waals surface area contributed by atoms with Gasteiger partial charge in [0, 0.05) is 30.9 Å². The normalized spacial score (nSPS) is 23.5. The van der Waals surface area contributed by atoms with Crippen molar-refractivity contribution in [1.29, 1.82) is 0 Å². The molecule has 2 unspecified atom stereocenters. The summed E-state index contributed by atoms with van der Waals surface area (Å²) < 4.78 is 44.3. The molecule has 2 fully saturated rings. The van der Waals surface area contributed by atoms with Crippen LogP contribution < -0.4 is 4.72 Å². The average molecular weight is 520 g/mol. The number of nitrogens with zero attached hydrogens (tertiary/aromatic N) is 4. The van der Waals surface area contributed by atoms with Crippen LogP contribution in [0.2, 0.25) is 0 Å². The van der Waals surface area contributed by atoms with Gasteiger partial charge in [-0.15, -0.1) is 0 Å². The van der Waals surface area contributed by atoms with Crippen molar-refractivity contribution in [2.45, 2.75) is 50.7 Å². The van der Waals surface area contributed by atoms with Crippen LogP contribution in [0.15, 0.2) is 40.9 Å². The quantitative estimate of drug-likeness (QED) is 0.603. The predicted octanol–water partition coefficient (Wildman–Crippen LogP) is 2.83. The van der Waals surface area contributed by atoms with Crippen LogP contribution in [0.5, 0.6) is 0 Å². The summed E-state index contributed by atoms with van der Waals surface area (Å²) in [5.74, 6) is -1.63. The van der Waals surface area contributed by atoms with Gasteiger partial charge in [0.2, 0.25) is 15.9 Å². The number of thioether (sulfide) groups is 1. The van der Waals surface area contributed by atoms with Crippen molar-refractivity contribution in [3.05, 3.63) is 63.4 Å². The number of urea groups is 1. The number of halogens is 1. The number of carbonyl (C=O) groups excluding carboxylic acids is 2.